The molecule has 4 heteroatoms. The van der Waals surface area contributed by atoms with E-state index in [-0.39, 0.29) is 6.04 Å². The van der Waals surface area contributed by atoms with Crippen molar-refractivity contribution < 1.29 is 9.84 Å². The lowest BCUT2D eigenvalue weighted by Crippen LogP contribution is -2.39. The first-order chi connectivity index (χ1) is 10.1. The van der Waals surface area contributed by atoms with Crippen LogP contribution in [0.25, 0.3) is 0 Å². The fraction of sp³-hybridized carbons (Fsp3) is 0.647. The Bertz CT molecular complexity index is 421. The van der Waals surface area contributed by atoms with Crippen molar-refractivity contribution >= 4 is 0 Å². The van der Waals surface area contributed by atoms with Crippen LogP contribution in [0.1, 0.15) is 31.9 Å². The normalized spacial score (nSPS) is 20.8. The molecule has 0 amide bonds. The monoisotopic (exact) mass is 292 g/mol. The molecule has 1 saturated heterocycles. The van der Waals surface area contributed by atoms with Crippen LogP contribution >= 0.6 is 0 Å². The van der Waals surface area contributed by atoms with Gasteiger partial charge < -0.3 is 14.7 Å². The summed E-state index contributed by atoms with van der Waals surface area (Å²) >= 11 is 0. The van der Waals surface area contributed by atoms with E-state index in [1.165, 1.54) is 0 Å². The molecule has 1 heterocycles. The molecule has 1 aliphatic heterocycles. The van der Waals surface area contributed by atoms with E-state index in [2.05, 4.69) is 23.8 Å². The standard InChI is InChI=1S/C17H28N2O2/c1-4-21-16-8-6-15(7-9-16)17(20)14(2)19-11-5-10-18(3)12-13-19/h6-9,14,17,20H,4-5,10-13H2,1-3H3/t14-,17+/m0/s1. The molecule has 1 N–H and O–H groups in total. The Morgan fingerprint density at radius 1 is 1.14 bits per heavy atom. The summed E-state index contributed by atoms with van der Waals surface area (Å²) in [7, 11) is 2.16. The second kappa shape index (κ2) is 7.78. The molecule has 2 rings (SSSR count). The van der Waals surface area contributed by atoms with E-state index >= 15 is 0 Å². The first-order valence-electron chi connectivity index (χ1n) is 7.95. The maximum atomic E-state index is 10.6. The lowest BCUT2D eigenvalue weighted by atomic mass is 10.0. The van der Waals surface area contributed by atoms with Gasteiger partial charge in [0.1, 0.15) is 5.75 Å². The number of ether oxygens (including phenoxy) is 1. The van der Waals surface area contributed by atoms with Gasteiger partial charge in [0.05, 0.1) is 12.7 Å². The maximum Gasteiger partial charge on any atom is 0.119 e. The fourth-order valence-electron chi connectivity index (χ4n) is 2.88. The van der Waals surface area contributed by atoms with Gasteiger partial charge >= 0.3 is 0 Å². The van der Waals surface area contributed by atoms with Crippen LogP contribution in [-0.4, -0.2) is 60.8 Å². The van der Waals surface area contributed by atoms with Gasteiger partial charge in [-0.1, -0.05) is 12.1 Å². The lowest BCUT2D eigenvalue weighted by Gasteiger charge is -2.31. The van der Waals surface area contributed by atoms with Crippen molar-refractivity contribution in [2.45, 2.75) is 32.4 Å². The average molecular weight is 292 g/mol. The Labute approximate surface area is 128 Å². The Balaban J connectivity index is 1.98. The summed E-state index contributed by atoms with van der Waals surface area (Å²) in [4.78, 5) is 4.75. The first-order valence-corrected chi connectivity index (χ1v) is 7.95. The summed E-state index contributed by atoms with van der Waals surface area (Å²) in [5.41, 5.74) is 0.962. The molecule has 0 bridgehead atoms. The molecular weight excluding hydrogens is 264 g/mol. The van der Waals surface area contributed by atoms with Gasteiger partial charge in [-0.3, -0.25) is 4.90 Å². The number of benzene rings is 1. The zero-order chi connectivity index (χ0) is 15.2. The molecule has 0 radical (unpaired) electrons. The van der Waals surface area contributed by atoms with Crippen LogP contribution in [-0.2, 0) is 0 Å². The molecule has 118 valence electrons. The topological polar surface area (TPSA) is 35.9 Å². The van der Waals surface area contributed by atoms with E-state index in [4.69, 9.17) is 4.74 Å². The quantitative estimate of drug-likeness (QED) is 0.902. The van der Waals surface area contributed by atoms with Gasteiger partial charge in [0.2, 0.25) is 0 Å². The largest absolute Gasteiger partial charge is 0.494 e. The van der Waals surface area contributed by atoms with Crippen LogP contribution < -0.4 is 4.74 Å². The Morgan fingerprint density at radius 2 is 1.86 bits per heavy atom. The summed E-state index contributed by atoms with van der Waals surface area (Å²) in [6.45, 7) is 9.04. The highest BCUT2D eigenvalue weighted by Gasteiger charge is 2.24. The van der Waals surface area contributed by atoms with Gasteiger partial charge in [-0.05, 0) is 58.1 Å². The van der Waals surface area contributed by atoms with Crippen LogP contribution in [0.3, 0.4) is 0 Å². The second-order valence-corrected chi connectivity index (χ2v) is 5.88. The van der Waals surface area contributed by atoms with Crippen molar-refractivity contribution in [3.05, 3.63) is 29.8 Å². The van der Waals surface area contributed by atoms with Crippen molar-refractivity contribution in [1.29, 1.82) is 0 Å². The number of nitrogens with zero attached hydrogens (tertiary/aromatic N) is 2. The van der Waals surface area contributed by atoms with Crippen molar-refractivity contribution in [2.24, 2.45) is 0 Å². The minimum Gasteiger partial charge on any atom is -0.494 e. The maximum absolute atomic E-state index is 10.6. The van der Waals surface area contributed by atoms with Gasteiger partial charge in [0, 0.05) is 19.1 Å². The molecule has 4 nitrogen and oxygen atoms in total. The zero-order valence-corrected chi connectivity index (χ0v) is 13.5. The highest BCUT2D eigenvalue weighted by atomic mass is 16.5. The van der Waals surface area contributed by atoms with Crippen molar-refractivity contribution in [2.75, 3.05) is 39.8 Å². The minimum absolute atomic E-state index is 0.134. The molecule has 0 saturated carbocycles. The second-order valence-electron chi connectivity index (χ2n) is 5.88. The predicted molar refractivity (Wildman–Crippen MR) is 85.7 cm³/mol. The number of rotatable bonds is 5. The molecule has 1 aliphatic rings. The minimum atomic E-state index is -0.455. The molecule has 0 spiro atoms. The van der Waals surface area contributed by atoms with Crippen molar-refractivity contribution in [1.82, 2.24) is 9.80 Å². The number of hydrogen-bond acceptors (Lipinski definition) is 4. The van der Waals surface area contributed by atoms with E-state index in [0.717, 1.165) is 43.9 Å². The van der Waals surface area contributed by atoms with Crippen LogP contribution in [0, 0.1) is 0 Å². The Kier molecular flexibility index (Phi) is 6.03. The zero-order valence-electron chi connectivity index (χ0n) is 13.5. The summed E-state index contributed by atoms with van der Waals surface area (Å²) in [6.07, 6.45) is 0.709. The molecule has 2 atom stereocenters. The molecule has 1 fully saturated rings. The molecule has 1 aromatic rings. The van der Waals surface area contributed by atoms with Gasteiger partial charge in [-0.25, -0.2) is 0 Å². The molecule has 0 aromatic heterocycles. The van der Waals surface area contributed by atoms with Crippen molar-refractivity contribution in [3.63, 3.8) is 0 Å². The van der Waals surface area contributed by atoms with E-state index in [9.17, 15) is 5.11 Å². The summed E-state index contributed by atoms with van der Waals surface area (Å²) in [6, 6.07) is 7.94. The van der Waals surface area contributed by atoms with Gasteiger partial charge in [0.25, 0.3) is 0 Å². The van der Waals surface area contributed by atoms with E-state index in [1.54, 1.807) is 0 Å². The van der Waals surface area contributed by atoms with Gasteiger partial charge in [-0.2, -0.15) is 0 Å². The third-order valence-corrected chi connectivity index (χ3v) is 4.32. The van der Waals surface area contributed by atoms with E-state index < -0.39 is 6.10 Å². The first kappa shape index (κ1) is 16.3. The van der Waals surface area contributed by atoms with Gasteiger partial charge in [0.15, 0.2) is 0 Å². The van der Waals surface area contributed by atoms with Crippen LogP contribution in [0.4, 0.5) is 0 Å². The molecule has 0 aliphatic carbocycles. The Hall–Kier alpha value is -1.10. The summed E-state index contributed by atoms with van der Waals surface area (Å²) in [5.74, 6) is 0.859. The van der Waals surface area contributed by atoms with Crippen molar-refractivity contribution in [3.8, 4) is 5.75 Å². The fourth-order valence-corrected chi connectivity index (χ4v) is 2.88. The summed E-state index contributed by atoms with van der Waals surface area (Å²) < 4.78 is 5.45. The highest BCUT2D eigenvalue weighted by molar-refractivity contribution is 5.29. The third kappa shape index (κ3) is 4.43. The average Bonchev–Trinajstić information content (AvgIpc) is 2.72. The molecule has 1 aromatic carbocycles. The third-order valence-electron chi connectivity index (χ3n) is 4.32. The van der Waals surface area contributed by atoms with Gasteiger partial charge in [-0.15, -0.1) is 0 Å². The number of aliphatic hydroxyl groups is 1. The van der Waals surface area contributed by atoms with Crippen LogP contribution in [0.5, 0.6) is 5.75 Å². The van der Waals surface area contributed by atoms with E-state index in [0.29, 0.717) is 6.61 Å². The highest BCUT2D eigenvalue weighted by Crippen LogP contribution is 2.24. The predicted octanol–water partition coefficient (Wildman–Crippen LogP) is 2.14. The van der Waals surface area contributed by atoms with E-state index in [1.807, 2.05) is 31.2 Å². The number of aliphatic hydroxyl groups excluding tert-OH is 1. The summed E-state index contributed by atoms with van der Waals surface area (Å²) in [5, 5.41) is 10.6. The van der Waals surface area contributed by atoms with Crippen LogP contribution in [0.15, 0.2) is 24.3 Å². The smallest absolute Gasteiger partial charge is 0.119 e. The number of hydrogen-bond donors (Lipinski definition) is 1. The van der Waals surface area contributed by atoms with Crippen LogP contribution in [0.2, 0.25) is 0 Å². The Morgan fingerprint density at radius 3 is 2.52 bits per heavy atom. The molecule has 21 heavy (non-hydrogen) atoms. The molecular formula is C17H28N2O2. The molecule has 0 unspecified atom stereocenters. The lowest BCUT2D eigenvalue weighted by molar-refractivity contribution is 0.0602. The SMILES string of the molecule is CCOc1ccc([C@H](O)[C@H](C)N2CCCN(C)CC2)cc1. The number of likely N-dealkylation sites (N-methyl/N-ethyl adjacent to an activating group) is 1.